The first-order chi connectivity index (χ1) is 5.72. The van der Waals surface area contributed by atoms with E-state index in [2.05, 4.69) is 4.98 Å². The summed E-state index contributed by atoms with van der Waals surface area (Å²) in [6.45, 7) is 0. The van der Waals surface area contributed by atoms with Crippen LogP contribution in [0.5, 0.6) is 0 Å². The molecule has 12 heavy (non-hydrogen) atoms. The van der Waals surface area contributed by atoms with Gasteiger partial charge in [0, 0.05) is 12.3 Å². The summed E-state index contributed by atoms with van der Waals surface area (Å²) in [7, 11) is 0. The SMILES string of the molecule is NNC(=O)Cc1ccc(=O)[nH]c1. The number of carbonyl (C=O) groups excluding carboxylic acids is 1. The van der Waals surface area contributed by atoms with Crippen LogP contribution in [0, 0.1) is 0 Å². The molecule has 0 fully saturated rings. The largest absolute Gasteiger partial charge is 0.329 e. The van der Waals surface area contributed by atoms with Crippen molar-refractivity contribution in [3.05, 3.63) is 34.2 Å². The molecular weight excluding hydrogens is 158 g/mol. The first-order valence-electron chi connectivity index (χ1n) is 3.39. The zero-order valence-corrected chi connectivity index (χ0v) is 6.33. The van der Waals surface area contributed by atoms with Crippen LogP contribution >= 0.6 is 0 Å². The Morgan fingerprint density at radius 2 is 2.33 bits per heavy atom. The molecule has 0 aliphatic rings. The van der Waals surface area contributed by atoms with Gasteiger partial charge in [-0.05, 0) is 5.56 Å². The van der Waals surface area contributed by atoms with E-state index in [4.69, 9.17) is 5.84 Å². The van der Waals surface area contributed by atoms with Crippen molar-refractivity contribution in [2.24, 2.45) is 5.84 Å². The van der Waals surface area contributed by atoms with Crippen molar-refractivity contribution in [1.82, 2.24) is 10.4 Å². The lowest BCUT2D eigenvalue weighted by atomic mass is 10.2. The highest BCUT2D eigenvalue weighted by molar-refractivity contribution is 5.77. The first-order valence-corrected chi connectivity index (χ1v) is 3.39. The minimum Gasteiger partial charge on any atom is -0.329 e. The predicted octanol–water partition coefficient (Wildman–Crippen LogP) is -1.09. The Morgan fingerprint density at radius 3 is 2.83 bits per heavy atom. The third-order valence-electron chi connectivity index (χ3n) is 1.37. The number of nitrogens with one attached hydrogen (secondary N) is 2. The Balaban J connectivity index is 2.71. The van der Waals surface area contributed by atoms with Gasteiger partial charge in [0.15, 0.2) is 0 Å². The summed E-state index contributed by atoms with van der Waals surface area (Å²) in [5, 5.41) is 0. The van der Waals surface area contributed by atoms with E-state index in [1.807, 2.05) is 5.43 Å². The number of nitrogens with two attached hydrogens (primary N) is 1. The molecule has 1 amide bonds. The van der Waals surface area contributed by atoms with Gasteiger partial charge in [-0.3, -0.25) is 15.0 Å². The number of aromatic nitrogens is 1. The maximum absolute atomic E-state index is 10.7. The van der Waals surface area contributed by atoms with E-state index in [9.17, 15) is 9.59 Å². The van der Waals surface area contributed by atoms with Crippen LogP contribution in [0.3, 0.4) is 0 Å². The van der Waals surface area contributed by atoms with Gasteiger partial charge in [-0.25, -0.2) is 5.84 Å². The molecule has 0 radical (unpaired) electrons. The van der Waals surface area contributed by atoms with Gasteiger partial charge >= 0.3 is 0 Å². The lowest BCUT2D eigenvalue weighted by Gasteiger charge is -1.97. The smallest absolute Gasteiger partial charge is 0.247 e. The Hall–Kier alpha value is -1.62. The van der Waals surface area contributed by atoms with Gasteiger partial charge in [-0.1, -0.05) is 6.07 Å². The van der Waals surface area contributed by atoms with Gasteiger partial charge < -0.3 is 4.98 Å². The van der Waals surface area contributed by atoms with Gasteiger partial charge in [0.25, 0.3) is 0 Å². The second-order valence-corrected chi connectivity index (χ2v) is 2.31. The van der Waals surface area contributed by atoms with Crippen molar-refractivity contribution in [3.63, 3.8) is 0 Å². The van der Waals surface area contributed by atoms with E-state index >= 15 is 0 Å². The first kappa shape index (κ1) is 8.48. The zero-order chi connectivity index (χ0) is 8.97. The van der Waals surface area contributed by atoms with Crippen LogP contribution in [-0.2, 0) is 11.2 Å². The van der Waals surface area contributed by atoms with E-state index in [1.165, 1.54) is 12.3 Å². The molecule has 5 heteroatoms. The monoisotopic (exact) mass is 167 g/mol. The third-order valence-corrected chi connectivity index (χ3v) is 1.37. The molecule has 5 nitrogen and oxygen atoms in total. The third kappa shape index (κ3) is 2.21. The molecular formula is C7H9N3O2. The second kappa shape index (κ2) is 3.68. The fraction of sp³-hybridized carbons (Fsp3) is 0.143. The summed E-state index contributed by atoms with van der Waals surface area (Å²) in [6.07, 6.45) is 1.66. The summed E-state index contributed by atoms with van der Waals surface area (Å²) < 4.78 is 0. The summed E-state index contributed by atoms with van der Waals surface area (Å²) in [5.41, 5.74) is 2.53. The molecule has 1 aromatic rings. The number of H-pyrrole nitrogens is 1. The van der Waals surface area contributed by atoms with E-state index in [-0.39, 0.29) is 17.9 Å². The van der Waals surface area contributed by atoms with Crippen molar-refractivity contribution in [3.8, 4) is 0 Å². The van der Waals surface area contributed by atoms with Crippen molar-refractivity contribution in [2.75, 3.05) is 0 Å². The minimum atomic E-state index is -0.290. The van der Waals surface area contributed by atoms with E-state index in [1.54, 1.807) is 6.07 Å². The van der Waals surface area contributed by atoms with Crippen LogP contribution in [0.1, 0.15) is 5.56 Å². The number of pyridine rings is 1. The highest BCUT2D eigenvalue weighted by Crippen LogP contribution is 1.93. The molecule has 0 bridgehead atoms. The molecule has 1 heterocycles. The molecule has 0 unspecified atom stereocenters. The molecule has 0 atom stereocenters. The fourth-order valence-corrected chi connectivity index (χ4v) is 0.789. The average molecular weight is 167 g/mol. The average Bonchev–Trinajstić information content (AvgIpc) is 2.09. The maximum Gasteiger partial charge on any atom is 0.247 e. The van der Waals surface area contributed by atoms with Gasteiger partial charge in [-0.15, -0.1) is 0 Å². The molecule has 0 aromatic carbocycles. The van der Waals surface area contributed by atoms with Crippen LogP contribution in [0.25, 0.3) is 0 Å². The molecule has 4 N–H and O–H groups in total. The lowest BCUT2D eigenvalue weighted by molar-refractivity contribution is -0.120. The zero-order valence-electron chi connectivity index (χ0n) is 6.33. The molecule has 0 aliphatic heterocycles. The van der Waals surface area contributed by atoms with Gasteiger partial charge in [0.05, 0.1) is 6.42 Å². The number of rotatable bonds is 2. The highest BCUT2D eigenvalue weighted by atomic mass is 16.2. The Kier molecular flexibility index (Phi) is 2.60. The fourth-order valence-electron chi connectivity index (χ4n) is 0.789. The Labute approximate surface area is 68.6 Å². The standard InChI is InChI=1S/C7H9N3O2/c8-10-7(12)3-5-1-2-6(11)9-4-5/h1-2,4H,3,8H2,(H,9,11)(H,10,12). The summed E-state index contributed by atoms with van der Waals surface area (Å²) in [6, 6.07) is 2.94. The Bertz CT molecular complexity index is 311. The van der Waals surface area contributed by atoms with Crippen LogP contribution in [0.4, 0.5) is 0 Å². The topological polar surface area (TPSA) is 88.0 Å². The minimum absolute atomic E-state index is 0.174. The van der Waals surface area contributed by atoms with Crippen molar-refractivity contribution in [1.29, 1.82) is 0 Å². The number of hydrazine groups is 1. The molecule has 0 aliphatic carbocycles. The summed E-state index contributed by atoms with van der Waals surface area (Å²) >= 11 is 0. The maximum atomic E-state index is 10.7. The van der Waals surface area contributed by atoms with Crippen molar-refractivity contribution < 1.29 is 4.79 Å². The second-order valence-electron chi connectivity index (χ2n) is 2.31. The summed E-state index contributed by atoms with van der Waals surface area (Å²) in [4.78, 5) is 23.8. The van der Waals surface area contributed by atoms with Gasteiger partial charge in [-0.2, -0.15) is 0 Å². The quantitative estimate of drug-likeness (QED) is 0.297. The van der Waals surface area contributed by atoms with Gasteiger partial charge in [0.1, 0.15) is 0 Å². The number of aromatic amines is 1. The van der Waals surface area contributed by atoms with Crippen LogP contribution in [0.2, 0.25) is 0 Å². The number of hydrogen-bond donors (Lipinski definition) is 3. The van der Waals surface area contributed by atoms with Crippen molar-refractivity contribution in [2.45, 2.75) is 6.42 Å². The molecule has 64 valence electrons. The lowest BCUT2D eigenvalue weighted by Crippen LogP contribution is -2.31. The Morgan fingerprint density at radius 1 is 1.58 bits per heavy atom. The van der Waals surface area contributed by atoms with Crippen LogP contribution in [0.15, 0.2) is 23.1 Å². The number of carbonyl (C=O) groups is 1. The van der Waals surface area contributed by atoms with Crippen LogP contribution in [-0.4, -0.2) is 10.9 Å². The van der Waals surface area contributed by atoms with E-state index < -0.39 is 0 Å². The normalized spacial score (nSPS) is 9.42. The van der Waals surface area contributed by atoms with Gasteiger partial charge in [0.2, 0.25) is 11.5 Å². The molecule has 0 spiro atoms. The van der Waals surface area contributed by atoms with E-state index in [0.717, 1.165) is 5.56 Å². The number of hydrogen-bond acceptors (Lipinski definition) is 3. The molecule has 1 aromatic heterocycles. The predicted molar refractivity (Wildman–Crippen MR) is 43.1 cm³/mol. The molecule has 1 rings (SSSR count). The van der Waals surface area contributed by atoms with Crippen LogP contribution < -0.4 is 16.8 Å². The number of amides is 1. The highest BCUT2D eigenvalue weighted by Gasteiger charge is 1.99. The summed E-state index contributed by atoms with van der Waals surface area (Å²) in [5.74, 6) is 4.59. The molecule has 0 saturated carbocycles. The van der Waals surface area contributed by atoms with E-state index in [0.29, 0.717) is 0 Å². The van der Waals surface area contributed by atoms with Crippen molar-refractivity contribution >= 4 is 5.91 Å². The molecule has 0 saturated heterocycles.